The molecule has 2 aliphatic heterocycles. The molecule has 2 heterocycles. The van der Waals surface area contributed by atoms with Crippen molar-refractivity contribution >= 4 is 67.9 Å². The summed E-state index contributed by atoms with van der Waals surface area (Å²) in [6.07, 6.45) is 2.26. The van der Waals surface area contributed by atoms with Crippen molar-refractivity contribution < 1.29 is 26.3 Å². The Hall–Kier alpha value is -2.94. The zero-order valence-corrected chi connectivity index (χ0v) is 27.8. The third kappa shape index (κ3) is 12.1. The number of aryl methyl sites for hydroxylation is 4. The largest absolute Gasteiger partial charge is 0.485 e. The highest BCUT2D eigenvalue weighted by molar-refractivity contribution is 7.92. The second-order valence-electron chi connectivity index (χ2n) is 9.70. The summed E-state index contributed by atoms with van der Waals surface area (Å²) in [5.74, 6) is 2.95. The fourth-order valence-electron chi connectivity index (χ4n) is 3.97. The lowest BCUT2D eigenvalue weighted by Gasteiger charge is -2.14. The van der Waals surface area contributed by atoms with Crippen LogP contribution in [-0.4, -0.2) is 80.4 Å². The number of sulfonamides is 2. The number of rotatable bonds is 10. The van der Waals surface area contributed by atoms with E-state index in [9.17, 15) is 16.8 Å². The smallest absolute Gasteiger partial charge is 0.229 e. The van der Waals surface area contributed by atoms with Crippen LogP contribution >= 0.6 is 24.8 Å². The van der Waals surface area contributed by atoms with Gasteiger partial charge >= 0.3 is 0 Å². The predicted molar refractivity (Wildman–Crippen MR) is 175 cm³/mol. The molecule has 0 amide bonds. The van der Waals surface area contributed by atoms with Crippen LogP contribution in [0.2, 0.25) is 0 Å². The van der Waals surface area contributed by atoms with E-state index in [1.54, 1.807) is 12.1 Å². The number of halogens is 2. The summed E-state index contributed by atoms with van der Waals surface area (Å²) in [7, 11) is -6.60. The first-order chi connectivity index (χ1) is 18.7. The molecular weight excluding hydrogens is 627 g/mol. The summed E-state index contributed by atoms with van der Waals surface area (Å²) in [6, 6.07) is 7.21. The number of anilines is 2. The van der Waals surface area contributed by atoms with Gasteiger partial charge in [-0.25, -0.2) is 16.8 Å². The maximum absolute atomic E-state index is 11.3. The molecule has 0 spiro atoms. The molecule has 4 N–H and O–H groups in total. The molecule has 0 saturated carbocycles. The fraction of sp³-hybridized carbons (Fsp3) is 0.462. The van der Waals surface area contributed by atoms with Crippen molar-refractivity contribution in [3.05, 3.63) is 46.5 Å². The second kappa shape index (κ2) is 16.1. The number of aliphatic imine (C=N–C) groups is 2. The summed E-state index contributed by atoms with van der Waals surface area (Å²) >= 11 is 0. The average molecular weight is 668 g/mol. The normalized spacial score (nSPS) is 14.0. The maximum atomic E-state index is 11.3. The van der Waals surface area contributed by atoms with Gasteiger partial charge in [0, 0.05) is 25.2 Å². The molecule has 0 fully saturated rings. The Kier molecular flexibility index (Phi) is 14.2. The predicted octanol–water partition coefficient (Wildman–Crippen LogP) is 2.95. The molecule has 2 aliphatic rings. The minimum absolute atomic E-state index is 0. The van der Waals surface area contributed by atoms with Crippen LogP contribution in [-0.2, 0) is 20.0 Å². The van der Waals surface area contributed by atoms with Crippen molar-refractivity contribution in [1.29, 1.82) is 0 Å². The Balaban J connectivity index is 0.000000401. The van der Waals surface area contributed by atoms with E-state index in [1.807, 2.05) is 39.8 Å². The first-order valence-electron chi connectivity index (χ1n) is 12.7. The molecule has 42 heavy (non-hydrogen) atoms. The van der Waals surface area contributed by atoms with Crippen LogP contribution in [0.4, 0.5) is 11.4 Å². The van der Waals surface area contributed by atoms with Crippen molar-refractivity contribution in [2.24, 2.45) is 9.98 Å². The van der Waals surface area contributed by atoms with Gasteiger partial charge in [-0.3, -0.25) is 19.4 Å². The summed E-state index contributed by atoms with van der Waals surface area (Å²) in [6.45, 7) is 11.5. The van der Waals surface area contributed by atoms with Crippen molar-refractivity contribution in [1.82, 2.24) is 10.6 Å². The molecule has 0 saturated heterocycles. The molecule has 236 valence electrons. The van der Waals surface area contributed by atoms with Gasteiger partial charge in [-0.2, -0.15) is 0 Å². The Bertz CT molecular complexity index is 1400. The summed E-state index contributed by atoms with van der Waals surface area (Å²) in [4.78, 5) is 8.50. The van der Waals surface area contributed by atoms with Crippen LogP contribution in [0.5, 0.6) is 11.5 Å². The first kappa shape index (κ1) is 37.1. The van der Waals surface area contributed by atoms with Gasteiger partial charge in [-0.1, -0.05) is 12.1 Å². The minimum Gasteiger partial charge on any atom is -0.485 e. The van der Waals surface area contributed by atoms with Crippen LogP contribution in [0, 0.1) is 27.7 Å². The molecule has 0 radical (unpaired) electrons. The zero-order chi connectivity index (χ0) is 29.5. The van der Waals surface area contributed by atoms with Gasteiger partial charge < -0.3 is 20.1 Å². The van der Waals surface area contributed by atoms with Crippen LogP contribution in [0.1, 0.15) is 22.3 Å². The van der Waals surface area contributed by atoms with Gasteiger partial charge in [0.05, 0.1) is 37.0 Å². The standard InChI is InChI=1S/2C13H19N3O3S.2ClH/c2*1-9-6-10(2)12(7-11(9)16-20(3,17)18)19-8-13-14-4-5-15-13;;/h2*6-7,16H,4-5,8H2,1-3H3,(H,14,15);2*1H. The minimum atomic E-state index is -3.30. The Morgan fingerprint density at radius 3 is 1.31 bits per heavy atom. The number of nitrogens with zero attached hydrogens (tertiary/aromatic N) is 2. The van der Waals surface area contributed by atoms with E-state index in [4.69, 9.17) is 9.47 Å². The van der Waals surface area contributed by atoms with Crippen molar-refractivity contribution in [3.8, 4) is 11.5 Å². The van der Waals surface area contributed by atoms with Gasteiger partial charge in [0.2, 0.25) is 20.0 Å². The number of amidine groups is 2. The number of nitrogens with one attached hydrogen (secondary N) is 4. The van der Waals surface area contributed by atoms with Crippen LogP contribution in [0.25, 0.3) is 0 Å². The topological polar surface area (TPSA) is 160 Å². The Morgan fingerprint density at radius 2 is 1.02 bits per heavy atom. The molecule has 12 nitrogen and oxygen atoms in total. The van der Waals surface area contributed by atoms with Crippen molar-refractivity contribution in [3.63, 3.8) is 0 Å². The molecule has 0 aromatic heterocycles. The summed E-state index contributed by atoms with van der Waals surface area (Å²) < 4.78 is 61.7. The lowest BCUT2D eigenvalue weighted by Crippen LogP contribution is -2.25. The van der Waals surface area contributed by atoms with Gasteiger partial charge in [0.15, 0.2) is 0 Å². The SMILES string of the molecule is Cc1cc(C)c(OCC2=NCCN2)cc1NS(C)(=O)=O.Cc1cc(C)c(OCC2=NCCN2)cc1NS(C)(=O)=O.Cl.Cl. The quantitative estimate of drug-likeness (QED) is 0.301. The van der Waals surface area contributed by atoms with Crippen LogP contribution in [0.3, 0.4) is 0 Å². The Labute approximate surface area is 261 Å². The third-order valence-corrected chi connectivity index (χ3v) is 7.03. The number of benzene rings is 2. The van der Waals surface area contributed by atoms with Gasteiger partial charge in [-0.15, -0.1) is 24.8 Å². The van der Waals surface area contributed by atoms with Gasteiger partial charge in [0.1, 0.15) is 36.4 Å². The first-order valence-corrected chi connectivity index (χ1v) is 16.5. The molecule has 0 bridgehead atoms. The van der Waals surface area contributed by atoms with Crippen molar-refractivity contribution in [2.45, 2.75) is 27.7 Å². The molecule has 0 aliphatic carbocycles. The van der Waals surface area contributed by atoms with E-state index in [0.717, 1.165) is 72.6 Å². The van der Waals surface area contributed by atoms with Crippen LogP contribution in [0.15, 0.2) is 34.3 Å². The van der Waals surface area contributed by atoms with Gasteiger partial charge in [-0.05, 0) is 49.9 Å². The zero-order valence-electron chi connectivity index (χ0n) is 24.5. The van der Waals surface area contributed by atoms with Crippen molar-refractivity contribution in [2.75, 3.05) is 61.3 Å². The number of hydrogen-bond acceptors (Lipinski definition) is 10. The third-order valence-electron chi connectivity index (χ3n) is 5.85. The second-order valence-corrected chi connectivity index (χ2v) is 13.2. The molecular formula is C26H40Cl2N6O6S2. The summed E-state index contributed by atoms with van der Waals surface area (Å²) in [5.41, 5.74) is 4.71. The molecule has 16 heteroatoms. The number of ether oxygens (including phenoxy) is 2. The van der Waals surface area contributed by atoms with E-state index in [2.05, 4.69) is 30.1 Å². The van der Waals surface area contributed by atoms with E-state index in [0.29, 0.717) is 36.1 Å². The fourth-order valence-corrected chi connectivity index (χ4v) is 5.21. The number of hydrogen-bond donors (Lipinski definition) is 4. The van der Waals surface area contributed by atoms with E-state index in [1.165, 1.54) is 0 Å². The lowest BCUT2D eigenvalue weighted by atomic mass is 10.1. The molecule has 2 aromatic rings. The molecule has 0 atom stereocenters. The monoisotopic (exact) mass is 666 g/mol. The van der Waals surface area contributed by atoms with Crippen LogP contribution < -0.4 is 29.6 Å². The maximum Gasteiger partial charge on any atom is 0.229 e. The highest BCUT2D eigenvalue weighted by Gasteiger charge is 2.13. The highest BCUT2D eigenvalue weighted by atomic mass is 35.5. The van der Waals surface area contributed by atoms with Gasteiger partial charge in [0.25, 0.3) is 0 Å². The van der Waals surface area contributed by atoms with E-state index >= 15 is 0 Å². The highest BCUT2D eigenvalue weighted by Crippen LogP contribution is 2.28. The van der Waals surface area contributed by atoms with E-state index in [-0.39, 0.29) is 24.8 Å². The molecule has 2 aromatic carbocycles. The summed E-state index contributed by atoms with van der Waals surface area (Å²) in [5, 5.41) is 6.25. The average Bonchev–Trinajstić information content (AvgIpc) is 3.54. The molecule has 4 rings (SSSR count). The van der Waals surface area contributed by atoms with E-state index < -0.39 is 20.0 Å². The Morgan fingerprint density at radius 1 is 0.667 bits per heavy atom. The lowest BCUT2D eigenvalue weighted by molar-refractivity contribution is 0.371. The molecule has 0 unspecified atom stereocenters.